The second-order valence-corrected chi connectivity index (χ2v) is 8.82. The van der Waals surface area contributed by atoms with Gasteiger partial charge in [-0.05, 0) is 51.0 Å². The molecule has 1 aromatic rings. The molecule has 0 aromatic carbocycles. The van der Waals surface area contributed by atoms with Gasteiger partial charge in [-0.3, -0.25) is 4.79 Å². The van der Waals surface area contributed by atoms with Gasteiger partial charge < -0.3 is 9.64 Å². The number of carbonyl (C=O) groups excluding carboxylic acids is 2. The summed E-state index contributed by atoms with van der Waals surface area (Å²) < 4.78 is 32.6. The number of ether oxygens (including phenoxy) is 1. The predicted molar refractivity (Wildman–Crippen MR) is 95.2 cm³/mol. The highest BCUT2D eigenvalue weighted by molar-refractivity contribution is 7.89. The van der Waals surface area contributed by atoms with E-state index in [1.807, 2.05) is 6.92 Å². The van der Waals surface area contributed by atoms with Gasteiger partial charge in [0, 0.05) is 12.6 Å². The minimum Gasteiger partial charge on any atom is -0.465 e. The molecule has 1 saturated heterocycles. The van der Waals surface area contributed by atoms with Crippen LogP contribution in [-0.2, 0) is 19.6 Å². The second kappa shape index (κ2) is 7.84. The van der Waals surface area contributed by atoms with Crippen molar-refractivity contribution < 1.29 is 22.7 Å². The highest BCUT2D eigenvalue weighted by Crippen LogP contribution is 2.28. The largest absolute Gasteiger partial charge is 0.465 e. The van der Waals surface area contributed by atoms with Crippen molar-refractivity contribution >= 4 is 33.2 Å². The normalized spacial score (nSPS) is 19.5. The molecule has 0 bridgehead atoms. The van der Waals surface area contributed by atoms with Crippen LogP contribution in [0.25, 0.3) is 0 Å². The molecule has 2 heterocycles. The van der Waals surface area contributed by atoms with E-state index in [1.165, 1.54) is 14.0 Å². The van der Waals surface area contributed by atoms with Crippen LogP contribution < -0.4 is 4.72 Å². The molecule has 140 valence electrons. The van der Waals surface area contributed by atoms with Gasteiger partial charge in [0.2, 0.25) is 15.9 Å². The first-order valence-electron chi connectivity index (χ1n) is 8.18. The fourth-order valence-corrected chi connectivity index (χ4v) is 5.92. The lowest BCUT2D eigenvalue weighted by Crippen LogP contribution is -2.51. The number of methoxy groups -OCH3 is 1. The van der Waals surface area contributed by atoms with E-state index >= 15 is 0 Å². The zero-order valence-electron chi connectivity index (χ0n) is 14.9. The number of likely N-dealkylation sites (tertiary alicyclic amines) is 1. The monoisotopic (exact) mass is 388 g/mol. The van der Waals surface area contributed by atoms with E-state index in [0.29, 0.717) is 12.1 Å². The van der Waals surface area contributed by atoms with Crippen LogP contribution in [0.15, 0.2) is 10.3 Å². The molecule has 25 heavy (non-hydrogen) atoms. The van der Waals surface area contributed by atoms with Crippen LogP contribution in [0, 0.1) is 6.92 Å². The minimum atomic E-state index is -4.02. The first-order valence-corrected chi connectivity index (χ1v) is 10.5. The molecule has 2 unspecified atom stereocenters. The van der Waals surface area contributed by atoms with Crippen molar-refractivity contribution in [1.29, 1.82) is 0 Å². The molecule has 0 aliphatic carbocycles. The molecule has 1 fully saturated rings. The van der Waals surface area contributed by atoms with Crippen LogP contribution in [0.4, 0.5) is 0 Å². The number of esters is 1. The second-order valence-electron chi connectivity index (χ2n) is 6.29. The van der Waals surface area contributed by atoms with Crippen molar-refractivity contribution in [2.24, 2.45) is 0 Å². The Hall–Kier alpha value is -1.45. The van der Waals surface area contributed by atoms with Crippen LogP contribution >= 0.6 is 11.3 Å². The number of rotatable bonds is 5. The number of piperidine rings is 1. The molecular weight excluding hydrogens is 364 g/mol. The number of thiophene rings is 1. The Morgan fingerprint density at radius 1 is 1.40 bits per heavy atom. The smallest absolute Gasteiger partial charge is 0.349 e. The first-order chi connectivity index (χ1) is 11.7. The van der Waals surface area contributed by atoms with Crippen LogP contribution in [0.1, 0.15) is 48.3 Å². The van der Waals surface area contributed by atoms with Crippen LogP contribution in [-0.4, -0.2) is 50.9 Å². The number of nitrogens with zero attached hydrogens (tertiary/aromatic N) is 1. The molecule has 1 aromatic heterocycles. The molecule has 7 nitrogen and oxygen atoms in total. The third-order valence-corrected chi connectivity index (χ3v) is 7.28. The van der Waals surface area contributed by atoms with E-state index < -0.39 is 22.0 Å². The van der Waals surface area contributed by atoms with Gasteiger partial charge in [-0.2, -0.15) is 4.72 Å². The van der Waals surface area contributed by atoms with Crippen LogP contribution in [0.2, 0.25) is 0 Å². The lowest BCUT2D eigenvalue weighted by molar-refractivity contribution is -0.135. The number of aryl methyl sites for hydroxylation is 1. The minimum absolute atomic E-state index is 0.0125. The zero-order valence-corrected chi connectivity index (χ0v) is 16.5. The van der Waals surface area contributed by atoms with Crippen molar-refractivity contribution in [3.63, 3.8) is 0 Å². The molecule has 2 atom stereocenters. The van der Waals surface area contributed by atoms with E-state index in [2.05, 4.69) is 9.46 Å². The average Bonchev–Trinajstić information content (AvgIpc) is 2.96. The average molecular weight is 389 g/mol. The molecule has 0 spiro atoms. The maximum Gasteiger partial charge on any atom is 0.349 e. The van der Waals surface area contributed by atoms with Crippen molar-refractivity contribution in [3.05, 3.63) is 15.8 Å². The fourth-order valence-electron chi connectivity index (χ4n) is 3.02. The van der Waals surface area contributed by atoms with Crippen molar-refractivity contribution in [1.82, 2.24) is 9.62 Å². The van der Waals surface area contributed by atoms with Crippen LogP contribution in [0.5, 0.6) is 0 Å². The standard InChI is InChI=1S/C16H24N2O5S2/c1-10-9-24-13(16(20)23-4)14(10)25(21,22)17-12(3)15(19)18-8-6-5-7-11(18)2/h9,11-12,17H,5-8H2,1-4H3. The number of nitrogens with one attached hydrogen (secondary N) is 1. The van der Waals surface area contributed by atoms with Gasteiger partial charge in [-0.1, -0.05) is 0 Å². The molecule has 1 amide bonds. The molecule has 9 heteroatoms. The Morgan fingerprint density at radius 2 is 2.08 bits per heavy atom. The first kappa shape index (κ1) is 19.9. The van der Waals surface area contributed by atoms with E-state index in [-0.39, 0.29) is 21.7 Å². The highest BCUT2D eigenvalue weighted by atomic mass is 32.2. The summed E-state index contributed by atoms with van der Waals surface area (Å²) in [5.41, 5.74) is 0.448. The number of sulfonamides is 1. The van der Waals surface area contributed by atoms with Gasteiger partial charge in [0.25, 0.3) is 0 Å². The van der Waals surface area contributed by atoms with E-state index in [0.717, 1.165) is 30.6 Å². The van der Waals surface area contributed by atoms with Crippen molar-refractivity contribution in [2.45, 2.75) is 57.0 Å². The van der Waals surface area contributed by atoms with E-state index in [1.54, 1.807) is 17.2 Å². The van der Waals surface area contributed by atoms with Gasteiger partial charge in [-0.15, -0.1) is 11.3 Å². The predicted octanol–water partition coefficient (Wildman–Crippen LogP) is 1.91. The van der Waals surface area contributed by atoms with Crippen molar-refractivity contribution in [2.75, 3.05) is 13.7 Å². The third-order valence-electron chi connectivity index (χ3n) is 4.35. The summed E-state index contributed by atoms with van der Waals surface area (Å²) >= 11 is 1.01. The van der Waals surface area contributed by atoms with Gasteiger partial charge in [0.1, 0.15) is 9.77 Å². The SMILES string of the molecule is COC(=O)c1scc(C)c1S(=O)(=O)NC(C)C(=O)N1CCCCC1C. The maximum absolute atomic E-state index is 12.8. The summed E-state index contributed by atoms with van der Waals surface area (Å²) in [6.45, 7) is 5.74. The Kier molecular flexibility index (Phi) is 6.23. The Bertz CT molecular complexity index is 757. The zero-order chi connectivity index (χ0) is 18.8. The van der Waals surface area contributed by atoms with Crippen LogP contribution in [0.3, 0.4) is 0 Å². The molecule has 1 N–H and O–H groups in total. The number of carbonyl (C=O) groups is 2. The Balaban J connectivity index is 2.22. The lowest BCUT2D eigenvalue weighted by atomic mass is 10.0. The Morgan fingerprint density at radius 3 is 2.68 bits per heavy atom. The summed E-state index contributed by atoms with van der Waals surface area (Å²) in [7, 11) is -2.82. The fraction of sp³-hybridized carbons (Fsp3) is 0.625. The van der Waals surface area contributed by atoms with E-state index in [4.69, 9.17) is 0 Å². The summed E-state index contributed by atoms with van der Waals surface area (Å²) in [5, 5.41) is 1.58. The Labute approximate surface area is 152 Å². The third kappa shape index (κ3) is 4.21. The van der Waals surface area contributed by atoms with Crippen molar-refractivity contribution in [3.8, 4) is 0 Å². The topological polar surface area (TPSA) is 92.8 Å². The highest BCUT2D eigenvalue weighted by Gasteiger charge is 2.33. The lowest BCUT2D eigenvalue weighted by Gasteiger charge is -2.35. The molecule has 0 radical (unpaired) electrons. The van der Waals surface area contributed by atoms with Gasteiger partial charge in [-0.25, -0.2) is 13.2 Å². The molecule has 1 aliphatic rings. The molecule has 0 saturated carbocycles. The quantitative estimate of drug-likeness (QED) is 0.778. The summed E-state index contributed by atoms with van der Waals surface area (Å²) in [6.07, 6.45) is 2.91. The summed E-state index contributed by atoms with van der Waals surface area (Å²) in [6, 6.07) is -0.808. The summed E-state index contributed by atoms with van der Waals surface area (Å²) in [5.74, 6) is -0.953. The van der Waals surface area contributed by atoms with Gasteiger partial charge in [0.05, 0.1) is 13.2 Å². The molecule has 1 aliphatic heterocycles. The summed E-state index contributed by atoms with van der Waals surface area (Å²) in [4.78, 5) is 26.1. The maximum atomic E-state index is 12.8. The van der Waals surface area contributed by atoms with Gasteiger partial charge in [0.15, 0.2) is 0 Å². The molecule has 2 rings (SSSR count). The van der Waals surface area contributed by atoms with E-state index in [9.17, 15) is 18.0 Å². The number of hydrogen-bond acceptors (Lipinski definition) is 6. The number of amides is 1. The number of hydrogen-bond donors (Lipinski definition) is 1. The molecular formula is C16H24N2O5S2. The van der Waals surface area contributed by atoms with Gasteiger partial charge >= 0.3 is 5.97 Å².